The van der Waals surface area contributed by atoms with E-state index >= 15 is 0 Å². The number of carbonyl (C=O) groups excluding carboxylic acids is 1. The van der Waals surface area contributed by atoms with Crippen LogP contribution < -0.4 is 0 Å². The molecule has 1 saturated heterocycles. The van der Waals surface area contributed by atoms with Crippen molar-refractivity contribution in [1.82, 2.24) is 19.6 Å². The maximum absolute atomic E-state index is 13.5. The first kappa shape index (κ1) is 19.6. The number of hydrogen-bond donors (Lipinski definition) is 0. The second-order valence-electron chi connectivity index (χ2n) is 7.17. The first-order valence-corrected chi connectivity index (χ1v) is 9.93. The number of benzene rings is 2. The quantitative estimate of drug-likeness (QED) is 0.655. The number of piperazine rings is 1. The molecule has 1 fully saturated rings. The van der Waals surface area contributed by atoms with Crippen molar-refractivity contribution < 1.29 is 9.18 Å². The van der Waals surface area contributed by atoms with Crippen LogP contribution in [0.4, 0.5) is 4.39 Å². The molecule has 0 bridgehead atoms. The van der Waals surface area contributed by atoms with Gasteiger partial charge in [-0.05, 0) is 23.3 Å². The molecule has 1 atom stereocenters. The summed E-state index contributed by atoms with van der Waals surface area (Å²) < 4.78 is 14.9. The predicted octanol–water partition coefficient (Wildman–Crippen LogP) is 3.76. The topological polar surface area (TPSA) is 41.4 Å². The van der Waals surface area contributed by atoms with Gasteiger partial charge in [0.25, 0.3) is 5.91 Å². The Kier molecular flexibility index (Phi) is 5.65. The summed E-state index contributed by atoms with van der Waals surface area (Å²) in [7, 11) is 1.71. The molecule has 1 aliphatic rings. The number of halogens is 2. The molecule has 0 saturated carbocycles. The summed E-state index contributed by atoms with van der Waals surface area (Å²) in [6.07, 6.45) is 1.52. The highest BCUT2D eigenvalue weighted by atomic mass is 35.5. The van der Waals surface area contributed by atoms with Crippen LogP contribution in [0.25, 0.3) is 0 Å². The monoisotopic (exact) mass is 412 g/mol. The smallest absolute Gasteiger partial charge is 0.258 e. The minimum atomic E-state index is -0.246. The third kappa shape index (κ3) is 4.04. The fourth-order valence-corrected chi connectivity index (χ4v) is 3.99. The number of rotatable bonds is 4. The van der Waals surface area contributed by atoms with Crippen LogP contribution in [0.15, 0.2) is 60.8 Å². The molecule has 150 valence electrons. The molecule has 1 aliphatic heterocycles. The fourth-order valence-electron chi connectivity index (χ4n) is 3.81. The zero-order valence-corrected chi connectivity index (χ0v) is 16.9. The average molecular weight is 413 g/mol. The normalized spacial score (nSPS) is 16.0. The van der Waals surface area contributed by atoms with Crippen LogP contribution in [0.5, 0.6) is 0 Å². The van der Waals surface area contributed by atoms with Crippen LogP contribution in [0.3, 0.4) is 0 Å². The van der Waals surface area contributed by atoms with Crippen molar-refractivity contribution in [3.8, 4) is 0 Å². The van der Waals surface area contributed by atoms with Gasteiger partial charge in [-0.15, -0.1) is 0 Å². The van der Waals surface area contributed by atoms with Crippen LogP contribution in [0.2, 0.25) is 5.15 Å². The van der Waals surface area contributed by atoms with Crippen LogP contribution in [0, 0.1) is 5.82 Å². The van der Waals surface area contributed by atoms with Crippen LogP contribution >= 0.6 is 11.6 Å². The van der Waals surface area contributed by atoms with E-state index in [1.54, 1.807) is 7.05 Å². The molecule has 0 spiro atoms. The second-order valence-corrected chi connectivity index (χ2v) is 7.52. The lowest BCUT2D eigenvalue weighted by molar-refractivity contribution is 0.0597. The Bertz CT molecular complexity index is 982. The number of aryl methyl sites for hydroxylation is 1. The van der Waals surface area contributed by atoms with Crippen molar-refractivity contribution in [2.45, 2.75) is 6.04 Å². The van der Waals surface area contributed by atoms with Gasteiger partial charge in [0.2, 0.25) is 0 Å². The standard InChI is InChI=1S/C22H22ClFN4O/c1-26-21(23)19(15-25-26)22(29)28-13-11-27(12-14-28)20(16-5-3-2-4-6-16)17-7-9-18(24)10-8-17/h2-10,15,20H,11-14H2,1H3. The van der Waals surface area contributed by atoms with Crippen molar-refractivity contribution in [2.75, 3.05) is 26.2 Å². The summed E-state index contributed by atoms with van der Waals surface area (Å²) in [5.41, 5.74) is 2.61. The average Bonchev–Trinajstić information content (AvgIpc) is 3.09. The molecule has 1 amide bonds. The zero-order valence-electron chi connectivity index (χ0n) is 16.1. The van der Waals surface area contributed by atoms with E-state index in [-0.39, 0.29) is 17.8 Å². The van der Waals surface area contributed by atoms with Gasteiger partial charge in [0.15, 0.2) is 0 Å². The molecule has 1 aromatic heterocycles. The molecular formula is C22H22ClFN4O. The van der Waals surface area contributed by atoms with Crippen LogP contribution in [0.1, 0.15) is 27.5 Å². The Morgan fingerprint density at radius 2 is 1.62 bits per heavy atom. The van der Waals surface area contributed by atoms with E-state index in [1.807, 2.05) is 35.2 Å². The lowest BCUT2D eigenvalue weighted by atomic mass is 9.96. The lowest BCUT2D eigenvalue weighted by Gasteiger charge is -2.39. The number of nitrogens with zero attached hydrogens (tertiary/aromatic N) is 4. The van der Waals surface area contributed by atoms with Crippen LogP contribution in [-0.4, -0.2) is 51.7 Å². The van der Waals surface area contributed by atoms with Gasteiger partial charge in [-0.2, -0.15) is 5.10 Å². The number of carbonyl (C=O) groups is 1. The van der Waals surface area contributed by atoms with E-state index < -0.39 is 0 Å². The van der Waals surface area contributed by atoms with E-state index in [2.05, 4.69) is 22.1 Å². The van der Waals surface area contributed by atoms with E-state index in [9.17, 15) is 9.18 Å². The largest absolute Gasteiger partial charge is 0.336 e. The molecule has 0 radical (unpaired) electrons. The Labute approximate surface area is 174 Å². The van der Waals surface area contributed by atoms with Crippen molar-refractivity contribution >= 4 is 17.5 Å². The van der Waals surface area contributed by atoms with Crippen molar-refractivity contribution in [3.05, 3.63) is 88.5 Å². The number of aromatic nitrogens is 2. The first-order chi connectivity index (χ1) is 14.0. The highest BCUT2D eigenvalue weighted by Crippen LogP contribution is 2.30. The molecular weight excluding hydrogens is 391 g/mol. The Balaban J connectivity index is 1.53. The van der Waals surface area contributed by atoms with Gasteiger partial charge >= 0.3 is 0 Å². The summed E-state index contributed by atoms with van der Waals surface area (Å²) >= 11 is 6.19. The van der Waals surface area contributed by atoms with Crippen LogP contribution in [-0.2, 0) is 7.05 Å². The fraction of sp³-hybridized carbons (Fsp3) is 0.273. The van der Waals surface area contributed by atoms with Gasteiger partial charge in [0.1, 0.15) is 11.0 Å². The molecule has 0 aliphatic carbocycles. The molecule has 3 aromatic rings. The molecule has 29 heavy (non-hydrogen) atoms. The Hall–Kier alpha value is -2.70. The van der Waals surface area contributed by atoms with E-state index in [1.165, 1.54) is 23.0 Å². The van der Waals surface area contributed by atoms with Crippen molar-refractivity contribution in [2.24, 2.45) is 7.05 Å². The lowest BCUT2D eigenvalue weighted by Crippen LogP contribution is -2.49. The molecule has 2 heterocycles. The van der Waals surface area contributed by atoms with E-state index in [0.717, 1.165) is 11.1 Å². The number of hydrogen-bond acceptors (Lipinski definition) is 3. The molecule has 2 aromatic carbocycles. The maximum Gasteiger partial charge on any atom is 0.258 e. The minimum Gasteiger partial charge on any atom is -0.336 e. The highest BCUT2D eigenvalue weighted by molar-refractivity contribution is 6.32. The van der Waals surface area contributed by atoms with Gasteiger partial charge in [-0.25, -0.2) is 4.39 Å². The molecule has 7 heteroatoms. The molecule has 4 rings (SSSR count). The minimum absolute atomic E-state index is 0.0102. The van der Waals surface area contributed by atoms with Gasteiger partial charge in [-0.3, -0.25) is 14.4 Å². The number of amides is 1. The van der Waals surface area contributed by atoms with E-state index in [4.69, 9.17) is 11.6 Å². The summed E-state index contributed by atoms with van der Waals surface area (Å²) in [5, 5.41) is 4.41. The van der Waals surface area contributed by atoms with E-state index in [0.29, 0.717) is 36.9 Å². The molecule has 0 N–H and O–H groups in total. The Morgan fingerprint density at radius 1 is 1.00 bits per heavy atom. The summed E-state index contributed by atoms with van der Waals surface area (Å²) in [6.45, 7) is 2.60. The second kappa shape index (κ2) is 8.35. The Morgan fingerprint density at radius 3 is 2.21 bits per heavy atom. The maximum atomic E-state index is 13.5. The molecule has 5 nitrogen and oxygen atoms in total. The third-order valence-electron chi connectivity index (χ3n) is 5.36. The first-order valence-electron chi connectivity index (χ1n) is 9.56. The molecule has 1 unspecified atom stereocenters. The van der Waals surface area contributed by atoms with Gasteiger partial charge in [0.05, 0.1) is 17.8 Å². The van der Waals surface area contributed by atoms with Crippen molar-refractivity contribution in [1.29, 1.82) is 0 Å². The summed E-state index contributed by atoms with van der Waals surface area (Å²) in [4.78, 5) is 17.0. The van der Waals surface area contributed by atoms with Gasteiger partial charge < -0.3 is 4.90 Å². The SMILES string of the molecule is Cn1ncc(C(=O)N2CCN(C(c3ccccc3)c3ccc(F)cc3)CC2)c1Cl. The summed E-state index contributed by atoms with van der Waals surface area (Å²) in [6, 6.07) is 16.8. The predicted molar refractivity (Wildman–Crippen MR) is 110 cm³/mol. The zero-order chi connectivity index (χ0) is 20.4. The highest BCUT2D eigenvalue weighted by Gasteiger charge is 2.29. The van der Waals surface area contributed by atoms with Gasteiger partial charge in [-0.1, -0.05) is 54.1 Å². The van der Waals surface area contributed by atoms with Crippen molar-refractivity contribution in [3.63, 3.8) is 0 Å². The third-order valence-corrected chi connectivity index (χ3v) is 5.81. The summed E-state index contributed by atoms with van der Waals surface area (Å²) in [5.74, 6) is -0.342. The van der Waals surface area contributed by atoms with Gasteiger partial charge in [0, 0.05) is 33.2 Å².